The van der Waals surface area contributed by atoms with Crippen molar-refractivity contribution in [2.75, 3.05) is 33.1 Å². The van der Waals surface area contributed by atoms with Crippen LogP contribution in [0.5, 0.6) is 34.5 Å². The van der Waals surface area contributed by atoms with Crippen LogP contribution in [0.1, 0.15) is 36.1 Å². The van der Waals surface area contributed by atoms with Gasteiger partial charge in [-0.15, -0.1) is 0 Å². The van der Waals surface area contributed by atoms with E-state index in [4.69, 9.17) is 18.9 Å². The average molecular weight is 837 g/mol. The zero-order chi connectivity index (χ0) is 43.2. The number of rotatable bonds is 10. The number of anilines is 4. The summed E-state index contributed by atoms with van der Waals surface area (Å²) in [5.41, 5.74) is 6.67. The summed E-state index contributed by atoms with van der Waals surface area (Å²) in [6.45, 7) is 6.21. The summed E-state index contributed by atoms with van der Waals surface area (Å²) < 4.78 is 24.4. The van der Waals surface area contributed by atoms with E-state index >= 15 is 0 Å². The molecule has 0 bridgehead atoms. The second-order valence-corrected chi connectivity index (χ2v) is 16.1. The Morgan fingerprint density at radius 2 is 0.746 bits per heavy atom. The molecule has 0 saturated heterocycles. The minimum Gasteiger partial charge on any atom is -0.473 e. The first-order chi connectivity index (χ1) is 30.6. The van der Waals surface area contributed by atoms with E-state index in [0.717, 1.165) is 66.4 Å². The largest absolute Gasteiger partial charge is 0.473 e. The fourth-order valence-electron chi connectivity index (χ4n) is 8.15. The van der Waals surface area contributed by atoms with E-state index in [0.29, 0.717) is 49.4 Å². The molecule has 4 aliphatic rings. The number of carbonyl (C=O) groups is 4. The van der Waals surface area contributed by atoms with Crippen LogP contribution in [0.15, 0.2) is 158 Å². The minimum absolute atomic E-state index is 0.293. The number of nitrogens with zero attached hydrogens (tertiary/aromatic N) is 4. The van der Waals surface area contributed by atoms with Gasteiger partial charge in [-0.2, -0.15) is 0 Å². The molecule has 0 radical (unpaired) electrons. The van der Waals surface area contributed by atoms with Gasteiger partial charge in [-0.25, -0.2) is 9.80 Å². The molecule has 12 heteroatoms. The van der Waals surface area contributed by atoms with E-state index < -0.39 is 0 Å². The Kier molecular flexibility index (Phi) is 9.75. The van der Waals surface area contributed by atoms with Crippen LogP contribution >= 0.6 is 0 Å². The van der Waals surface area contributed by atoms with E-state index in [9.17, 15) is 19.2 Å². The van der Waals surface area contributed by atoms with Crippen LogP contribution in [0.4, 0.5) is 22.7 Å². The second kappa shape index (κ2) is 15.7. The van der Waals surface area contributed by atoms with Crippen molar-refractivity contribution in [3.63, 3.8) is 0 Å². The highest BCUT2D eigenvalue weighted by molar-refractivity contribution is 6.28. The van der Waals surface area contributed by atoms with Crippen LogP contribution < -0.4 is 38.5 Å². The minimum atomic E-state index is -0.353. The van der Waals surface area contributed by atoms with Gasteiger partial charge in [0.2, 0.25) is 0 Å². The summed E-state index contributed by atoms with van der Waals surface area (Å²) in [7, 11) is 0. The predicted octanol–water partition coefficient (Wildman–Crippen LogP) is 9.17. The van der Waals surface area contributed by atoms with Crippen molar-refractivity contribution >= 4 is 46.4 Å². The molecule has 0 atom stereocenters. The first-order valence-corrected chi connectivity index (χ1v) is 20.5. The van der Waals surface area contributed by atoms with Crippen LogP contribution in [0.2, 0.25) is 0 Å². The Morgan fingerprint density at radius 3 is 1.10 bits per heavy atom. The summed E-state index contributed by atoms with van der Waals surface area (Å²) in [6, 6.07) is 42.6. The lowest BCUT2D eigenvalue weighted by atomic mass is 9.78. The molecule has 4 aliphatic heterocycles. The molecule has 0 aliphatic carbocycles. The standard InChI is InChI=1S/C51H40N4O8/c1-51(2,35-3-13-41(14-4-35)62-43-17-7-37(8-18-43)52-29-33-27-39(11-21-45(33)60-31-52)54-47(56)23-24-48(54)57)36-5-15-42(16-6-36)63-44-19-9-38(10-20-44)53-30-34-28-40(12-22-46(34)61-32-53)55-49(58)25-26-50(55)59/h3-28H,29-32H2,1-2H3. The van der Waals surface area contributed by atoms with Crippen molar-refractivity contribution < 1.29 is 38.1 Å². The van der Waals surface area contributed by atoms with E-state index in [-0.39, 0.29) is 29.0 Å². The predicted molar refractivity (Wildman–Crippen MR) is 238 cm³/mol. The highest BCUT2D eigenvalue weighted by Gasteiger charge is 2.29. The van der Waals surface area contributed by atoms with E-state index in [2.05, 4.69) is 47.9 Å². The maximum Gasteiger partial charge on any atom is 0.258 e. The number of ether oxygens (including phenoxy) is 4. The van der Waals surface area contributed by atoms with Crippen molar-refractivity contribution in [3.8, 4) is 34.5 Å². The Balaban J connectivity index is 0.734. The first-order valence-electron chi connectivity index (χ1n) is 20.5. The van der Waals surface area contributed by atoms with Crippen molar-refractivity contribution in [1.82, 2.24) is 0 Å². The molecule has 6 aromatic rings. The molecule has 6 aromatic carbocycles. The molecule has 0 saturated carbocycles. The average Bonchev–Trinajstić information content (AvgIpc) is 3.83. The van der Waals surface area contributed by atoms with Crippen molar-refractivity contribution in [3.05, 3.63) is 180 Å². The SMILES string of the molecule is CC(C)(c1ccc(Oc2ccc(N3COc4ccc(N5C(=O)C=CC5=O)cc4C3)cc2)cc1)c1ccc(Oc2ccc(N3COc4ccc(N5C(=O)C=CC5=O)cc4C3)cc2)cc1. The van der Waals surface area contributed by atoms with E-state index in [1.54, 1.807) is 24.3 Å². The Hall–Kier alpha value is -8.12. The van der Waals surface area contributed by atoms with Gasteiger partial charge in [-0.3, -0.25) is 19.2 Å². The van der Waals surface area contributed by atoms with E-state index in [1.807, 2.05) is 84.9 Å². The van der Waals surface area contributed by atoms with Crippen molar-refractivity contribution in [1.29, 1.82) is 0 Å². The Morgan fingerprint density at radius 1 is 0.429 bits per heavy atom. The number of hydrogen-bond acceptors (Lipinski definition) is 10. The topological polar surface area (TPSA) is 118 Å². The van der Waals surface area contributed by atoms with E-state index in [1.165, 1.54) is 24.3 Å². The lowest BCUT2D eigenvalue weighted by Gasteiger charge is -2.31. The fraction of sp³-hybridized carbons (Fsp3) is 0.137. The van der Waals surface area contributed by atoms with Gasteiger partial charge in [0.25, 0.3) is 23.6 Å². The van der Waals surface area contributed by atoms with Crippen LogP contribution in [-0.2, 0) is 37.7 Å². The zero-order valence-corrected chi connectivity index (χ0v) is 34.4. The maximum absolute atomic E-state index is 12.2. The molecule has 12 nitrogen and oxygen atoms in total. The van der Waals surface area contributed by atoms with Gasteiger partial charge in [-0.05, 0) is 120 Å². The van der Waals surface area contributed by atoms with Gasteiger partial charge in [0.15, 0.2) is 13.5 Å². The zero-order valence-electron chi connectivity index (χ0n) is 34.4. The van der Waals surface area contributed by atoms with Gasteiger partial charge in [-0.1, -0.05) is 38.1 Å². The lowest BCUT2D eigenvalue weighted by molar-refractivity contribution is -0.121. The molecule has 4 heterocycles. The fourth-order valence-corrected chi connectivity index (χ4v) is 8.15. The summed E-state index contributed by atoms with van der Waals surface area (Å²) in [6.07, 6.45) is 5.11. The molecule has 312 valence electrons. The second-order valence-electron chi connectivity index (χ2n) is 16.1. The third-order valence-electron chi connectivity index (χ3n) is 11.7. The third-order valence-corrected chi connectivity index (χ3v) is 11.7. The summed E-state index contributed by atoms with van der Waals surface area (Å²) in [5, 5.41) is 0. The molecule has 10 rings (SSSR count). The van der Waals surface area contributed by atoms with Crippen molar-refractivity contribution in [2.24, 2.45) is 0 Å². The number of fused-ring (bicyclic) bond motifs is 2. The molecule has 0 aromatic heterocycles. The van der Waals surface area contributed by atoms with Gasteiger partial charge in [0.1, 0.15) is 34.5 Å². The monoisotopic (exact) mass is 836 g/mol. The third kappa shape index (κ3) is 7.63. The van der Waals surface area contributed by atoms with Crippen LogP contribution in [0.3, 0.4) is 0 Å². The molecule has 0 fully saturated rings. The number of hydrogen-bond donors (Lipinski definition) is 0. The molecule has 0 spiro atoms. The Bertz CT molecular complexity index is 2620. The quantitative estimate of drug-likeness (QED) is 0.124. The number of amides is 4. The van der Waals surface area contributed by atoms with Crippen LogP contribution in [0.25, 0.3) is 0 Å². The maximum atomic E-state index is 12.2. The number of benzene rings is 6. The van der Waals surface area contributed by atoms with Crippen molar-refractivity contribution in [2.45, 2.75) is 32.4 Å². The lowest BCUT2D eigenvalue weighted by Crippen LogP contribution is -2.33. The molecular weight excluding hydrogens is 797 g/mol. The summed E-state index contributed by atoms with van der Waals surface area (Å²) in [5.74, 6) is 2.88. The normalized spacial score (nSPS) is 15.7. The smallest absolute Gasteiger partial charge is 0.258 e. The van der Waals surface area contributed by atoms with Crippen LogP contribution in [-0.4, -0.2) is 37.1 Å². The molecular formula is C51H40N4O8. The van der Waals surface area contributed by atoms with Gasteiger partial charge >= 0.3 is 0 Å². The van der Waals surface area contributed by atoms with Gasteiger partial charge in [0.05, 0.1) is 11.4 Å². The molecule has 0 N–H and O–H groups in total. The highest BCUT2D eigenvalue weighted by atomic mass is 16.5. The number of carbonyl (C=O) groups excluding carboxylic acids is 4. The summed E-state index contributed by atoms with van der Waals surface area (Å²) >= 11 is 0. The highest BCUT2D eigenvalue weighted by Crippen LogP contribution is 2.38. The molecule has 0 unspecified atom stereocenters. The molecule has 4 amide bonds. The Labute approximate surface area is 363 Å². The van der Waals surface area contributed by atoms with Gasteiger partial charge < -0.3 is 28.7 Å². The number of imide groups is 2. The first kappa shape index (κ1) is 39.0. The molecule has 63 heavy (non-hydrogen) atoms. The van der Waals surface area contributed by atoms with Crippen LogP contribution in [0, 0.1) is 0 Å². The van der Waals surface area contributed by atoms with Gasteiger partial charge in [0, 0.05) is 65.3 Å². The summed E-state index contributed by atoms with van der Waals surface area (Å²) in [4.78, 5) is 55.3.